The molecule has 0 aliphatic carbocycles. The van der Waals surface area contributed by atoms with Crippen LogP contribution in [-0.4, -0.2) is 18.9 Å². The highest BCUT2D eigenvalue weighted by molar-refractivity contribution is 7.85. The Balaban J connectivity index is 2.62. The van der Waals surface area contributed by atoms with E-state index in [0.717, 1.165) is 5.56 Å². The maximum atomic E-state index is 10.7. The minimum atomic E-state index is -4.13. The van der Waals surface area contributed by atoms with Gasteiger partial charge in [0.15, 0.2) is 0 Å². The van der Waals surface area contributed by atoms with Crippen molar-refractivity contribution in [3.63, 3.8) is 0 Å². The molecule has 5 nitrogen and oxygen atoms in total. The van der Waals surface area contributed by atoms with Crippen LogP contribution in [0.25, 0.3) is 0 Å². The molecule has 0 saturated carbocycles. The van der Waals surface area contributed by atoms with E-state index in [9.17, 15) is 13.2 Å². The normalized spacial score (nSPS) is 11.3. The second kappa shape index (κ2) is 5.09. The van der Waals surface area contributed by atoms with Crippen LogP contribution >= 0.6 is 0 Å². The van der Waals surface area contributed by atoms with Crippen molar-refractivity contribution in [2.75, 3.05) is 0 Å². The second-order valence-electron chi connectivity index (χ2n) is 3.44. The Morgan fingerprint density at radius 2 is 1.81 bits per heavy atom. The lowest BCUT2D eigenvalue weighted by Gasteiger charge is -2.01. The van der Waals surface area contributed by atoms with E-state index in [0.29, 0.717) is 19.3 Å². The number of rotatable bonds is 5. The van der Waals surface area contributed by atoms with E-state index in [1.165, 1.54) is 12.1 Å². The van der Waals surface area contributed by atoms with Crippen LogP contribution in [-0.2, 0) is 21.3 Å². The third kappa shape index (κ3) is 4.00. The molecule has 16 heavy (non-hydrogen) atoms. The largest absolute Gasteiger partial charge is 0.370 e. The minimum absolute atomic E-state index is 0.133. The first-order chi connectivity index (χ1) is 7.39. The average molecular weight is 243 g/mol. The molecular formula is C10H13NO4S. The van der Waals surface area contributed by atoms with Gasteiger partial charge in [0.1, 0.15) is 0 Å². The fourth-order valence-corrected chi connectivity index (χ4v) is 1.77. The molecule has 0 bridgehead atoms. The van der Waals surface area contributed by atoms with Crippen LogP contribution in [0.3, 0.4) is 0 Å². The summed E-state index contributed by atoms with van der Waals surface area (Å²) in [4.78, 5) is 10.4. The molecule has 0 radical (unpaired) electrons. The molecular weight excluding hydrogens is 230 g/mol. The molecule has 0 heterocycles. The van der Waals surface area contributed by atoms with Crippen LogP contribution in [0.15, 0.2) is 29.2 Å². The zero-order chi connectivity index (χ0) is 12.2. The third-order valence-electron chi connectivity index (χ3n) is 2.11. The number of hydrogen-bond acceptors (Lipinski definition) is 3. The Labute approximate surface area is 94.0 Å². The van der Waals surface area contributed by atoms with Gasteiger partial charge in [-0.1, -0.05) is 12.1 Å². The van der Waals surface area contributed by atoms with Crippen molar-refractivity contribution in [2.24, 2.45) is 5.73 Å². The number of hydrogen-bond donors (Lipinski definition) is 2. The SMILES string of the molecule is NC(=O)CCCc1ccc(S(=O)(=O)O)cc1. The number of benzene rings is 1. The maximum Gasteiger partial charge on any atom is 0.294 e. The molecule has 1 aromatic rings. The molecule has 0 aliphatic rings. The van der Waals surface area contributed by atoms with E-state index in [4.69, 9.17) is 10.3 Å². The zero-order valence-electron chi connectivity index (χ0n) is 8.59. The van der Waals surface area contributed by atoms with Crippen molar-refractivity contribution in [1.82, 2.24) is 0 Å². The summed E-state index contributed by atoms with van der Waals surface area (Å²) in [7, 11) is -4.13. The van der Waals surface area contributed by atoms with Gasteiger partial charge in [-0.25, -0.2) is 0 Å². The molecule has 6 heteroatoms. The lowest BCUT2D eigenvalue weighted by Crippen LogP contribution is -2.10. The van der Waals surface area contributed by atoms with Gasteiger partial charge in [-0.15, -0.1) is 0 Å². The van der Waals surface area contributed by atoms with Gasteiger partial charge in [0.2, 0.25) is 5.91 Å². The van der Waals surface area contributed by atoms with E-state index >= 15 is 0 Å². The number of primary amides is 1. The van der Waals surface area contributed by atoms with Gasteiger partial charge in [-0.2, -0.15) is 8.42 Å². The second-order valence-corrected chi connectivity index (χ2v) is 4.86. The molecule has 0 spiro atoms. The molecule has 0 atom stereocenters. The van der Waals surface area contributed by atoms with Crippen molar-refractivity contribution in [2.45, 2.75) is 24.2 Å². The van der Waals surface area contributed by atoms with Crippen LogP contribution in [0.5, 0.6) is 0 Å². The average Bonchev–Trinajstić information content (AvgIpc) is 2.16. The first-order valence-electron chi connectivity index (χ1n) is 4.74. The maximum absolute atomic E-state index is 10.7. The number of carbonyl (C=O) groups is 1. The molecule has 3 N–H and O–H groups in total. The van der Waals surface area contributed by atoms with Crippen LogP contribution < -0.4 is 5.73 Å². The van der Waals surface area contributed by atoms with Gasteiger partial charge < -0.3 is 5.73 Å². The fourth-order valence-electron chi connectivity index (χ4n) is 1.29. The standard InChI is InChI=1S/C10H13NO4S/c11-10(12)3-1-2-8-4-6-9(7-5-8)16(13,14)15/h4-7H,1-3H2,(H2,11,12)(H,13,14,15). The Hall–Kier alpha value is -1.40. The van der Waals surface area contributed by atoms with E-state index < -0.39 is 10.1 Å². The van der Waals surface area contributed by atoms with Gasteiger partial charge in [-0.05, 0) is 30.5 Å². The van der Waals surface area contributed by atoms with Gasteiger partial charge in [0.05, 0.1) is 4.90 Å². The first-order valence-corrected chi connectivity index (χ1v) is 6.18. The predicted octanol–water partition coefficient (Wildman–Crippen LogP) is 0.741. The highest BCUT2D eigenvalue weighted by atomic mass is 32.2. The van der Waals surface area contributed by atoms with Crippen molar-refractivity contribution in [1.29, 1.82) is 0 Å². The Kier molecular flexibility index (Phi) is 4.03. The molecule has 1 rings (SSSR count). The molecule has 0 aliphatic heterocycles. The van der Waals surface area contributed by atoms with E-state index in [1.807, 2.05) is 0 Å². The summed E-state index contributed by atoms with van der Waals surface area (Å²) in [6, 6.07) is 5.86. The number of carbonyl (C=O) groups excluding carboxylic acids is 1. The third-order valence-corrected chi connectivity index (χ3v) is 2.98. The highest BCUT2D eigenvalue weighted by Crippen LogP contribution is 2.11. The van der Waals surface area contributed by atoms with Crippen LogP contribution in [0, 0.1) is 0 Å². The lowest BCUT2D eigenvalue weighted by molar-refractivity contribution is -0.118. The minimum Gasteiger partial charge on any atom is -0.370 e. The zero-order valence-corrected chi connectivity index (χ0v) is 9.40. The molecule has 1 amide bonds. The summed E-state index contributed by atoms with van der Waals surface area (Å²) in [5.74, 6) is -0.352. The first kappa shape index (κ1) is 12.7. The van der Waals surface area contributed by atoms with E-state index in [2.05, 4.69) is 0 Å². The summed E-state index contributed by atoms with van der Waals surface area (Å²) < 4.78 is 30.2. The molecule has 88 valence electrons. The summed E-state index contributed by atoms with van der Waals surface area (Å²) in [6.07, 6.45) is 1.58. The van der Waals surface area contributed by atoms with Crippen LogP contribution in [0.2, 0.25) is 0 Å². The number of aryl methyl sites for hydroxylation is 1. The lowest BCUT2D eigenvalue weighted by atomic mass is 10.1. The summed E-state index contributed by atoms with van der Waals surface area (Å²) in [5, 5.41) is 0. The highest BCUT2D eigenvalue weighted by Gasteiger charge is 2.08. The van der Waals surface area contributed by atoms with E-state index in [1.54, 1.807) is 12.1 Å². The monoisotopic (exact) mass is 243 g/mol. The smallest absolute Gasteiger partial charge is 0.294 e. The molecule has 0 unspecified atom stereocenters. The van der Waals surface area contributed by atoms with Crippen molar-refractivity contribution in [3.8, 4) is 0 Å². The van der Waals surface area contributed by atoms with E-state index in [-0.39, 0.29) is 10.8 Å². The van der Waals surface area contributed by atoms with Crippen LogP contribution in [0.1, 0.15) is 18.4 Å². The van der Waals surface area contributed by atoms with Crippen LogP contribution in [0.4, 0.5) is 0 Å². The van der Waals surface area contributed by atoms with Gasteiger partial charge in [-0.3, -0.25) is 9.35 Å². The predicted molar refractivity (Wildman–Crippen MR) is 58.4 cm³/mol. The fraction of sp³-hybridized carbons (Fsp3) is 0.300. The number of nitrogens with two attached hydrogens (primary N) is 1. The van der Waals surface area contributed by atoms with Gasteiger partial charge in [0.25, 0.3) is 10.1 Å². The van der Waals surface area contributed by atoms with Crippen molar-refractivity contribution in [3.05, 3.63) is 29.8 Å². The summed E-state index contributed by atoms with van der Waals surface area (Å²) in [6.45, 7) is 0. The summed E-state index contributed by atoms with van der Waals surface area (Å²) >= 11 is 0. The topological polar surface area (TPSA) is 97.5 Å². The Morgan fingerprint density at radius 3 is 2.25 bits per heavy atom. The van der Waals surface area contributed by atoms with Crippen molar-refractivity contribution < 1.29 is 17.8 Å². The number of amides is 1. The van der Waals surface area contributed by atoms with Gasteiger partial charge in [0, 0.05) is 6.42 Å². The molecule has 1 aromatic carbocycles. The van der Waals surface area contributed by atoms with Crippen molar-refractivity contribution >= 4 is 16.0 Å². The quantitative estimate of drug-likeness (QED) is 0.745. The molecule has 0 saturated heterocycles. The Morgan fingerprint density at radius 1 is 1.25 bits per heavy atom. The molecule has 0 aromatic heterocycles. The molecule has 0 fully saturated rings. The Bertz CT molecular complexity index is 464. The van der Waals surface area contributed by atoms with Gasteiger partial charge >= 0.3 is 0 Å². The summed E-state index contributed by atoms with van der Waals surface area (Å²) in [5.41, 5.74) is 5.88.